The van der Waals surface area contributed by atoms with Crippen LogP contribution in [0.15, 0.2) is 88.6 Å². The van der Waals surface area contributed by atoms with E-state index in [1.165, 1.54) is 16.7 Å². The SMILES string of the molecule is COc1ccccc1N1CCN(C(=O)Cn2c(=O)n(S(=O)(=O)c3ccccc3)c3ccccc32)CC1. The van der Waals surface area contributed by atoms with Crippen molar-refractivity contribution in [2.45, 2.75) is 11.4 Å². The van der Waals surface area contributed by atoms with E-state index in [9.17, 15) is 18.0 Å². The van der Waals surface area contributed by atoms with Gasteiger partial charge in [0.2, 0.25) is 5.91 Å². The molecule has 9 nitrogen and oxygen atoms in total. The molecule has 1 aliphatic heterocycles. The number of imidazole rings is 1. The Labute approximate surface area is 208 Å². The summed E-state index contributed by atoms with van der Waals surface area (Å²) in [5.74, 6) is 0.535. The highest BCUT2D eigenvalue weighted by atomic mass is 32.2. The van der Waals surface area contributed by atoms with Gasteiger partial charge in [-0.25, -0.2) is 13.2 Å². The molecule has 1 fully saturated rings. The summed E-state index contributed by atoms with van der Waals surface area (Å²) in [6.45, 7) is 1.95. The number of carbonyl (C=O) groups is 1. The first-order valence-corrected chi connectivity index (χ1v) is 13.0. The van der Waals surface area contributed by atoms with Gasteiger partial charge in [-0.05, 0) is 36.4 Å². The highest BCUT2D eigenvalue weighted by Crippen LogP contribution is 2.28. The fourth-order valence-corrected chi connectivity index (χ4v) is 6.02. The van der Waals surface area contributed by atoms with E-state index in [0.717, 1.165) is 15.4 Å². The van der Waals surface area contributed by atoms with Gasteiger partial charge in [-0.1, -0.05) is 42.5 Å². The number of hydrogen-bond acceptors (Lipinski definition) is 6. The van der Waals surface area contributed by atoms with Gasteiger partial charge in [0.25, 0.3) is 10.0 Å². The van der Waals surface area contributed by atoms with Gasteiger partial charge < -0.3 is 14.5 Å². The lowest BCUT2D eigenvalue weighted by molar-refractivity contribution is -0.132. The van der Waals surface area contributed by atoms with Crippen LogP contribution in [0.1, 0.15) is 0 Å². The van der Waals surface area contributed by atoms with Crippen LogP contribution in [0.4, 0.5) is 5.69 Å². The summed E-state index contributed by atoms with van der Waals surface area (Å²) in [6, 6.07) is 22.2. The van der Waals surface area contributed by atoms with Gasteiger partial charge in [-0.3, -0.25) is 9.36 Å². The molecule has 0 atom stereocenters. The van der Waals surface area contributed by atoms with Gasteiger partial charge in [-0.15, -0.1) is 0 Å². The minimum absolute atomic E-state index is 0.00814. The minimum Gasteiger partial charge on any atom is -0.495 e. The first-order chi connectivity index (χ1) is 17.4. The van der Waals surface area contributed by atoms with Crippen molar-refractivity contribution in [1.82, 2.24) is 13.4 Å². The number of piperazine rings is 1. The molecule has 186 valence electrons. The molecule has 2 heterocycles. The Morgan fingerprint density at radius 2 is 1.44 bits per heavy atom. The van der Waals surface area contributed by atoms with Crippen LogP contribution in [-0.4, -0.2) is 61.1 Å². The van der Waals surface area contributed by atoms with Crippen molar-refractivity contribution >= 4 is 32.7 Å². The second kappa shape index (κ2) is 9.54. The number of aromatic nitrogens is 2. The first-order valence-electron chi connectivity index (χ1n) is 11.6. The number of methoxy groups -OCH3 is 1. The lowest BCUT2D eigenvalue weighted by Crippen LogP contribution is -2.50. The molecule has 36 heavy (non-hydrogen) atoms. The summed E-state index contributed by atoms with van der Waals surface area (Å²) in [5, 5.41) is 0. The van der Waals surface area contributed by atoms with Crippen molar-refractivity contribution in [3.63, 3.8) is 0 Å². The maximum atomic E-state index is 13.4. The second-order valence-corrected chi connectivity index (χ2v) is 10.3. The number of nitrogens with zero attached hydrogens (tertiary/aromatic N) is 4. The van der Waals surface area contributed by atoms with Crippen LogP contribution in [0.3, 0.4) is 0 Å². The molecule has 1 aromatic heterocycles. The van der Waals surface area contributed by atoms with Crippen molar-refractivity contribution < 1.29 is 17.9 Å². The Hall–Kier alpha value is -4.05. The van der Waals surface area contributed by atoms with Crippen LogP contribution in [0.25, 0.3) is 11.0 Å². The Balaban J connectivity index is 1.40. The van der Waals surface area contributed by atoms with Crippen LogP contribution in [-0.2, 0) is 21.4 Å². The number of benzene rings is 3. The maximum absolute atomic E-state index is 13.4. The fraction of sp³-hybridized carbons (Fsp3) is 0.231. The largest absolute Gasteiger partial charge is 0.495 e. The molecule has 0 radical (unpaired) electrons. The zero-order valence-electron chi connectivity index (χ0n) is 19.8. The minimum atomic E-state index is -4.14. The zero-order chi connectivity index (χ0) is 25.3. The molecule has 0 unspecified atom stereocenters. The normalized spacial score (nSPS) is 14.2. The predicted molar refractivity (Wildman–Crippen MR) is 137 cm³/mol. The van der Waals surface area contributed by atoms with E-state index >= 15 is 0 Å². The molecule has 5 rings (SSSR count). The fourth-order valence-electron chi connectivity index (χ4n) is 4.59. The number of para-hydroxylation sites is 4. The molecule has 10 heteroatoms. The molecule has 3 aromatic carbocycles. The molecule has 0 N–H and O–H groups in total. The van der Waals surface area contributed by atoms with Gasteiger partial charge in [0.1, 0.15) is 12.3 Å². The van der Waals surface area contributed by atoms with E-state index in [-0.39, 0.29) is 22.9 Å². The summed E-state index contributed by atoms with van der Waals surface area (Å²) in [4.78, 5) is 30.5. The lowest BCUT2D eigenvalue weighted by atomic mass is 10.2. The molecule has 0 spiro atoms. The van der Waals surface area contributed by atoms with Crippen LogP contribution in [0.2, 0.25) is 0 Å². The van der Waals surface area contributed by atoms with Gasteiger partial charge in [0.05, 0.1) is 28.7 Å². The molecule has 1 saturated heterocycles. The van der Waals surface area contributed by atoms with E-state index in [0.29, 0.717) is 31.7 Å². The summed E-state index contributed by atoms with van der Waals surface area (Å²) in [6.07, 6.45) is 0. The molecule has 0 saturated carbocycles. The van der Waals surface area contributed by atoms with E-state index in [1.54, 1.807) is 54.5 Å². The predicted octanol–water partition coefficient (Wildman–Crippen LogP) is 2.40. The van der Waals surface area contributed by atoms with Crippen molar-refractivity contribution in [3.05, 3.63) is 89.3 Å². The number of rotatable bonds is 6. The third kappa shape index (κ3) is 4.13. The molecule has 0 bridgehead atoms. The lowest BCUT2D eigenvalue weighted by Gasteiger charge is -2.36. The van der Waals surface area contributed by atoms with Crippen LogP contribution in [0, 0.1) is 0 Å². The van der Waals surface area contributed by atoms with Crippen molar-refractivity contribution in [3.8, 4) is 5.75 Å². The number of carbonyl (C=O) groups excluding carboxylic acids is 1. The third-order valence-corrected chi connectivity index (χ3v) is 8.13. The molecule has 1 aliphatic rings. The van der Waals surface area contributed by atoms with Gasteiger partial charge in [0, 0.05) is 26.2 Å². The average molecular weight is 507 g/mol. The third-order valence-electron chi connectivity index (χ3n) is 6.43. The van der Waals surface area contributed by atoms with E-state index in [2.05, 4.69) is 4.90 Å². The van der Waals surface area contributed by atoms with Crippen LogP contribution >= 0.6 is 0 Å². The molecule has 0 aliphatic carbocycles. The molecular weight excluding hydrogens is 480 g/mol. The van der Waals surface area contributed by atoms with Gasteiger partial charge in [-0.2, -0.15) is 3.97 Å². The van der Waals surface area contributed by atoms with Gasteiger partial charge in [0.15, 0.2) is 0 Å². The second-order valence-electron chi connectivity index (χ2n) is 8.48. The van der Waals surface area contributed by atoms with Crippen LogP contribution < -0.4 is 15.3 Å². The number of amides is 1. The quantitative estimate of drug-likeness (QED) is 0.399. The Kier molecular flexibility index (Phi) is 6.27. The summed E-state index contributed by atoms with van der Waals surface area (Å²) in [5.41, 5.74) is 0.835. The van der Waals surface area contributed by atoms with Crippen molar-refractivity contribution in [2.24, 2.45) is 0 Å². The highest BCUT2D eigenvalue weighted by molar-refractivity contribution is 7.90. The van der Waals surface area contributed by atoms with E-state index in [4.69, 9.17) is 4.74 Å². The standard InChI is InChI=1S/C26H26N4O5S/c1-35-24-14-8-7-13-23(24)27-15-17-28(18-16-27)25(31)19-29-21-11-5-6-12-22(21)30(26(29)32)36(33,34)20-9-3-2-4-10-20/h2-14H,15-19H2,1H3. The van der Waals surface area contributed by atoms with E-state index < -0.39 is 15.7 Å². The van der Waals surface area contributed by atoms with E-state index in [1.807, 2.05) is 24.3 Å². The summed E-state index contributed by atoms with van der Waals surface area (Å²) < 4.78 is 34.1. The Morgan fingerprint density at radius 1 is 0.833 bits per heavy atom. The van der Waals surface area contributed by atoms with Crippen molar-refractivity contribution in [1.29, 1.82) is 0 Å². The molecule has 1 amide bonds. The van der Waals surface area contributed by atoms with Gasteiger partial charge >= 0.3 is 5.69 Å². The molecule has 4 aromatic rings. The number of anilines is 1. The van der Waals surface area contributed by atoms with Crippen molar-refractivity contribution in [2.75, 3.05) is 38.2 Å². The summed E-state index contributed by atoms with van der Waals surface area (Å²) >= 11 is 0. The average Bonchev–Trinajstić information content (AvgIpc) is 3.20. The Bertz CT molecular complexity index is 1570. The van der Waals surface area contributed by atoms with Crippen LogP contribution in [0.5, 0.6) is 5.75 Å². The smallest absolute Gasteiger partial charge is 0.343 e. The highest BCUT2D eigenvalue weighted by Gasteiger charge is 2.28. The maximum Gasteiger partial charge on any atom is 0.343 e. The Morgan fingerprint density at radius 3 is 2.14 bits per heavy atom. The topological polar surface area (TPSA) is 93.8 Å². The first kappa shape index (κ1) is 23.7. The number of fused-ring (bicyclic) bond motifs is 1. The zero-order valence-corrected chi connectivity index (χ0v) is 20.6. The summed E-state index contributed by atoms with van der Waals surface area (Å²) in [7, 11) is -2.51. The molecular formula is C26H26N4O5S. The number of hydrogen-bond donors (Lipinski definition) is 0. The monoisotopic (exact) mass is 506 g/mol. The number of ether oxygens (including phenoxy) is 1.